The summed E-state index contributed by atoms with van der Waals surface area (Å²) < 4.78 is 10.7. The monoisotopic (exact) mass is 311 g/mol. The zero-order valence-electron chi connectivity index (χ0n) is 12.3. The van der Waals surface area contributed by atoms with Gasteiger partial charge in [-0.15, -0.1) is 0 Å². The van der Waals surface area contributed by atoms with E-state index in [-0.39, 0.29) is 12.3 Å². The molecule has 0 atom stereocenters. The third-order valence-corrected chi connectivity index (χ3v) is 3.19. The molecule has 0 bridgehead atoms. The number of aromatic nitrogens is 2. The minimum absolute atomic E-state index is 0.0140. The van der Waals surface area contributed by atoms with E-state index in [0.717, 1.165) is 5.56 Å². The Balaban J connectivity index is 1.67. The van der Waals surface area contributed by atoms with Gasteiger partial charge in [0.1, 0.15) is 5.75 Å². The van der Waals surface area contributed by atoms with Crippen molar-refractivity contribution in [3.63, 3.8) is 0 Å². The first-order chi connectivity index (χ1) is 11.1. The van der Waals surface area contributed by atoms with Gasteiger partial charge in [-0.2, -0.15) is 4.98 Å². The zero-order chi connectivity index (χ0) is 16.2. The third kappa shape index (κ3) is 3.52. The number of non-ortho nitro benzene ring substituents is 1. The SMILES string of the molecule is Cc1ccc(OCc2nc(-c3ccc([N+](=O)[O-])cc3)no2)cc1. The van der Waals surface area contributed by atoms with Crippen LogP contribution in [0.4, 0.5) is 5.69 Å². The molecule has 0 aliphatic carbocycles. The van der Waals surface area contributed by atoms with Crippen molar-refractivity contribution in [3.05, 3.63) is 70.1 Å². The Hall–Kier alpha value is -3.22. The van der Waals surface area contributed by atoms with Crippen LogP contribution >= 0.6 is 0 Å². The van der Waals surface area contributed by atoms with Gasteiger partial charge in [0.25, 0.3) is 11.6 Å². The van der Waals surface area contributed by atoms with Crippen LogP contribution in [0.3, 0.4) is 0 Å². The standard InChI is InChI=1S/C16H13N3O4/c1-11-2-8-14(9-3-11)22-10-15-17-16(18-23-15)12-4-6-13(7-5-12)19(20)21/h2-9H,10H2,1H3. The molecule has 0 fully saturated rings. The van der Waals surface area contributed by atoms with Crippen LogP contribution < -0.4 is 4.74 Å². The van der Waals surface area contributed by atoms with Gasteiger partial charge in [0, 0.05) is 17.7 Å². The van der Waals surface area contributed by atoms with Gasteiger partial charge in [-0.3, -0.25) is 10.1 Å². The Morgan fingerprint density at radius 1 is 1.13 bits per heavy atom. The second kappa shape index (κ2) is 6.27. The van der Waals surface area contributed by atoms with Gasteiger partial charge in [-0.05, 0) is 31.2 Å². The third-order valence-electron chi connectivity index (χ3n) is 3.19. The smallest absolute Gasteiger partial charge is 0.269 e. The Morgan fingerprint density at radius 3 is 2.48 bits per heavy atom. The Morgan fingerprint density at radius 2 is 1.83 bits per heavy atom. The first kappa shape index (κ1) is 14.7. The summed E-state index contributed by atoms with van der Waals surface area (Å²) in [6.07, 6.45) is 0. The van der Waals surface area contributed by atoms with Gasteiger partial charge in [0.05, 0.1) is 4.92 Å². The summed E-state index contributed by atoms with van der Waals surface area (Å²) in [5.74, 6) is 1.41. The summed E-state index contributed by atoms with van der Waals surface area (Å²) in [6.45, 7) is 2.15. The minimum Gasteiger partial charge on any atom is -0.484 e. The molecule has 2 aromatic carbocycles. The molecule has 3 rings (SSSR count). The van der Waals surface area contributed by atoms with E-state index in [1.807, 2.05) is 31.2 Å². The van der Waals surface area contributed by atoms with E-state index in [4.69, 9.17) is 9.26 Å². The number of hydrogen-bond donors (Lipinski definition) is 0. The number of nitro groups is 1. The van der Waals surface area contributed by atoms with Crippen LogP contribution in [-0.4, -0.2) is 15.1 Å². The van der Waals surface area contributed by atoms with Gasteiger partial charge in [0.15, 0.2) is 6.61 Å². The highest BCUT2D eigenvalue weighted by atomic mass is 16.6. The number of ether oxygens (including phenoxy) is 1. The molecular formula is C16H13N3O4. The van der Waals surface area contributed by atoms with Crippen molar-refractivity contribution in [1.82, 2.24) is 10.1 Å². The van der Waals surface area contributed by atoms with Gasteiger partial charge in [-0.25, -0.2) is 0 Å². The molecule has 1 aromatic heterocycles. The van der Waals surface area contributed by atoms with E-state index < -0.39 is 4.92 Å². The molecule has 0 aliphatic rings. The van der Waals surface area contributed by atoms with Crippen LogP contribution in [0, 0.1) is 17.0 Å². The Kier molecular flexibility index (Phi) is 4.01. The minimum atomic E-state index is -0.457. The van der Waals surface area contributed by atoms with Gasteiger partial charge < -0.3 is 9.26 Å². The summed E-state index contributed by atoms with van der Waals surface area (Å²) in [5, 5.41) is 14.5. The number of hydrogen-bond acceptors (Lipinski definition) is 6. The van der Waals surface area contributed by atoms with Crippen molar-refractivity contribution in [2.45, 2.75) is 13.5 Å². The zero-order valence-corrected chi connectivity index (χ0v) is 12.3. The highest BCUT2D eigenvalue weighted by Crippen LogP contribution is 2.20. The molecule has 116 valence electrons. The van der Waals surface area contributed by atoms with E-state index in [1.165, 1.54) is 12.1 Å². The molecule has 0 saturated carbocycles. The maximum absolute atomic E-state index is 10.6. The normalized spacial score (nSPS) is 10.5. The second-order valence-electron chi connectivity index (χ2n) is 4.92. The van der Waals surface area contributed by atoms with Crippen molar-refractivity contribution in [2.24, 2.45) is 0 Å². The van der Waals surface area contributed by atoms with Crippen molar-refractivity contribution in [3.8, 4) is 17.1 Å². The lowest BCUT2D eigenvalue weighted by Gasteiger charge is -2.02. The highest BCUT2D eigenvalue weighted by molar-refractivity contribution is 5.56. The summed E-state index contributed by atoms with van der Waals surface area (Å²) in [5.41, 5.74) is 1.80. The molecule has 3 aromatic rings. The van der Waals surface area contributed by atoms with Crippen LogP contribution in [-0.2, 0) is 6.61 Å². The molecule has 0 spiro atoms. The fourth-order valence-electron chi connectivity index (χ4n) is 1.94. The number of benzene rings is 2. The quantitative estimate of drug-likeness (QED) is 0.528. The predicted octanol–water partition coefficient (Wildman–Crippen LogP) is 3.53. The first-order valence-corrected chi connectivity index (χ1v) is 6.89. The summed E-state index contributed by atoms with van der Waals surface area (Å²) in [6, 6.07) is 13.6. The molecule has 0 unspecified atom stereocenters. The summed E-state index contributed by atoms with van der Waals surface area (Å²) in [4.78, 5) is 14.4. The molecule has 0 aliphatic heterocycles. The number of nitrogens with zero attached hydrogens (tertiary/aromatic N) is 3. The molecule has 7 nitrogen and oxygen atoms in total. The van der Waals surface area contributed by atoms with Crippen molar-refractivity contribution >= 4 is 5.69 Å². The maximum Gasteiger partial charge on any atom is 0.269 e. The predicted molar refractivity (Wildman–Crippen MR) is 81.9 cm³/mol. The number of rotatable bonds is 5. The molecule has 0 saturated heterocycles. The van der Waals surface area contributed by atoms with Crippen molar-refractivity contribution in [1.29, 1.82) is 0 Å². The largest absolute Gasteiger partial charge is 0.484 e. The molecular weight excluding hydrogens is 298 g/mol. The Labute approximate surface area is 131 Å². The second-order valence-corrected chi connectivity index (χ2v) is 4.92. The van der Waals surface area contributed by atoms with E-state index in [2.05, 4.69) is 10.1 Å². The van der Waals surface area contributed by atoms with Crippen molar-refractivity contribution < 1.29 is 14.2 Å². The van der Waals surface area contributed by atoms with E-state index in [1.54, 1.807) is 12.1 Å². The average Bonchev–Trinajstić information content (AvgIpc) is 3.03. The lowest BCUT2D eigenvalue weighted by atomic mass is 10.2. The van der Waals surface area contributed by atoms with Crippen LogP contribution in [0.1, 0.15) is 11.5 Å². The van der Waals surface area contributed by atoms with Crippen LogP contribution in [0.5, 0.6) is 5.75 Å². The van der Waals surface area contributed by atoms with Gasteiger partial charge in [-0.1, -0.05) is 22.9 Å². The maximum atomic E-state index is 10.6. The molecule has 7 heteroatoms. The molecule has 23 heavy (non-hydrogen) atoms. The molecule has 1 heterocycles. The topological polar surface area (TPSA) is 91.3 Å². The first-order valence-electron chi connectivity index (χ1n) is 6.89. The van der Waals surface area contributed by atoms with Crippen LogP contribution in [0.25, 0.3) is 11.4 Å². The lowest BCUT2D eigenvalue weighted by Crippen LogP contribution is -1.95. The van der Waals surface area contributed by atoms with Crippen LogP contribution in [0.15, 0.2) is 53.1 Å². The fourth-order valence-corrected chi connectivity index (χ4v) is 1.94. The molecule has 0 N–H and O–H groups in total. The van der Waals surface area contributed by atoms with Gasteiger partial charge in [0.2, 0.25) is 5.82 Å². The fraction of sp³-hybridized carbons (Fsp3) is 0.125. The van der Waals surface area contributed by atoms with E-state index in [9.17, 15) is 10.1 Å². The Bertz CT molecular complexity index is 810. The summed E-state index contributed by atoms with van der Waals surface area (Å²) >= 11 is 0. The van der Waals surface area contributed by atoms with E-state index >= 15 is 0 Å². The molecule has 0 amide bonds. The van der Waals surface area contributed by atoms with Crippen LogP contribution in [0.2, 0.25) is 0 Å². The average molecular weight is 311 g/mol. The summed E-state index contributed by atoms with van der Waals surface area (Å²) in [7, 11) is 0. The lowest BCUT2D eigenvalue weighted by molar-refractivity contribution is -0.384. The van der Waals surface area contributed by atoms with E-state index in [0.29, 0.717) is 23.0 Å². The van der Waals surface area contributed by atoms with Gasteiger partial charge >= 0.3 is 0 Å². The number of nitro benzene ring substituents is 1. The van der Waals surface area contributed by atoms with Crippen molar-refractivity contribution in [2.75, 3.05) is 0 Å². The number of aryl methyl sites for hydroxylation is 1. The highest BCUT2D eigenvalue weighted by Gasteiger charge is 2.11. The molecule has 0 radical (unpaired) electrons.